The van der Waals surface area contributed by atoms with E-state index in [0.717, 1.165) is 44.6 Å². The van der Waals surface area contributed by atoms with Gasteiger partial charge in [-0.25, -0.2) is 0 Å². The molecule has 0 aromatic heterocycles. The molecule has 2 fully saturated rings. The Hall–Kier alpha value is -0.810. The topological polar surface area (TPSA) is 35.6 Å². The Morgan fingerprint density at radius 2 is 1.59 bits per heavy atom. The number of rotatable bonds is 7. The maximum absolute atomic E-state index is 13.0. The number of carbonyl (C=O) groups is 1. The summed E-state index contributed by atoms with van der Waals surface area (Å²) in [7, 11) is 2.02. The Morgan fingerprint density at radius 3 is 2.17 bits per heavy atom. The van der Waals surface area contributed by atoms with Crippen LogP contribution in [0.1, 0.15) is 44.6 Å². The lowest BCUT2D eigenvalue weighted by atomic mass is 9.89. The normalized spacial score (nSPS) is 19.9. The molecule has 1 aromatic rings. The summed E-state index contributed by atoms with van der Waals surface area (Å²) in [5.74, 6) is 1.89. The third-order valence-corrected chi connectivity index (χ3v) is 6.65. The lowest BCUT2D eigenvalue weighted by Crippen LogP contribution is -2.51. The summed E-state index contributed by atoms with van der Waals surface area (Å²) < 4.78 is 0. The monoisotopic (exact) mass is 443 g/mol. The minimum Gasteiger partial charge on any atom is -0.341 e. The molecule has 0 aliphatic carbocycles. The molecule has 2 saturated heterocycles. The zero-order valence-corrected chi connectivity index (χ0v) is 19.6. The number of carbonyl (C=O) groups excluding carboxylic acids is 1. The molecule has 6 heteroatoms. The number of benzene rings is 1. The van der Waals surface area contributed by atoms with Crippen LogP contribution in [0.15, 0.2) is 30.3 Å². The number of halogens is 2. The van der Waals surface area contributed by atoms with E-state index in [0.29, 0.717) is 5.91 Å². The van der Waals surface area contributed by atoms with Crippen molar-refractivity contribution in [1.82, 2.24) is 15.1 Å². The van der Waals surface area contributed by atoms with Gasteiger partial charge in [0, 0.05) is 13.1 Å². The summed E-state index contributed by atoms with van der Waals surface area (Å²) in [5, 5.41) is 3.24. The molecule has 4 nitrogen and oxygen atoms in total. The maximum Gasteiger partial charge on any atom is 0.239 e. The summed E-state index contributed by atoms with van der Waals surface area (Å²) in [6, 6.07) is 10.9. The van der Waals surface area contributed by atoms with E-state index in [1.54, 1.807) is 0 Å². The van der Waals surface area contributed by atoms with Gasteiger partial charge in [0.25, 0.3) is 0 Å². The molecule has 1 aromatic carbocycles. The number of amides is 1. The largest absolute Gasteiger partial charge is 0.341 e. The van der Waals surface area contributed by atoms with Crippen LogP contribution in [0.25, 0.3) is 0 Å². The molecule has 0 bridgehead atoms. The van der Waals surface area contributed by atoms with Crippen LogP contribution in [0.3, 0.4) is 0 Å². The van der Waals surface area contributed by atoms with Crippen molar-refractivity contribution in [2.24, 2.45) is 11.8 Å². The first-order valence-electron chi connectivity index (χ1n) is 10.9. The van der Waals surface area contributed by atoms with Crippen LogP contribution in [0.5, 0.6) is 0 Å². The number of piperidine rings is 2. The second-order valence-electron chi connectivity index (χ2n) is 8.51. The third-order valence-electron chi connectivity index (χ3n) is 6.65. The van der Waals surface area contributed by atoms with E-state index < -0.39 is 0 Å². The van der Waals surface area contributed by atoms with E-state index in [-0.39, 0.29) is 30.9 Å². The molecule has 2 aliphatic rings. The molecule has 2 heterocycles. The summed E-state index contributed by atoms with van der Waals surface area (Å²) in [4.78, 5) is 17.5. The Balaban J connectivity index is 0.00000210. The van der Waals surface area contributed by atoms with Crippen molar-refractivity contribution in [3.05, 3.63) is 35.9 Å². The number of likely N-dealkylation sites (tertiary alicyclic amines) is 2. The Morgan fingerprint density at radius 1 is 1.00 bits per heavy atom. The first-order valence-corrected chi connectivity index (χ1v) is 10.9. The molecule has 0 spiro atoms. The van der Waals surface area contributed by atoms with Gasteiger partial charge in [0.05, 0.1) is 6.04 Å². The quantitative estimate of drug-likeness (QED) is 0.690. The summed E-state index contributed by atoms with van der Waals surface area (Å²) >= 11 is 0. The standard InChI is InChI=1S/C23H37N3O.2ClH/c1-19(23(27)26-16-9-20(10-17-26)8-13-24-2)25-14-11-22(12-15-25)18-21-6-4-3-5-7-21;;/h3-7,19-20,22,24H,8-18H2,1-2H3;2*1H. The minimum absolute atomic E-state index is 0. The smallest absolute Gasteiger partial charge is 0.239 e. The van der Waals surface area contributed by atoms with Crippen LogP contribution < -0.4 is 5.32 Å². The second kappa shape index (κ2) is 13.5. The second-order valence-corrected chi connectivity index (χ2v) is 8.51. The van der Waals surface area contributed by atoms with Crippen molar-refractivity contribution in [2.75, 3.05) is 39.8 Å². The van der Waals surface area contributed by atoms with Crippen LogP contribution in [-0.2, 0) is 11.2 Å². The zero-order chi connectivity index (χ0) is 19.1. The minimum atomic E-state index is 0. The van der Waals surface area contributed by atoms with Crippen LogP contribution in [0, 0.1) is 11.8 Å². The van der Waals surface area contributed by atoms with Crippen LogP contribution in [-0.4, -0.2) is 61.5 Å². The molecule has 1 unspecified atom stereocenters. The lowest BCUT2D eigenvalue weighted by Gasteiger charge is -2.39. The van der Waals surface area contributed by atoms with E-state index in [4.69, 9.17) is 0 Å². The zero-order valence-electron chi connectivity index (χ0n) is 18.0. The van der Waals surface area contributed by atoms with E-state index in [1.807, 2.05) is 7.05 Å². The molecule has 0 saturated carbocycles. The Labute approximate surface area is 189 Å². The lowest BCUT2D eigenvalue weighted by molar-refractivity contribution is -0.138. The molecule has 1 amide bonds. The van der Waals surface area contributed by atoms with Gasteiger partial charge in [-0.1, -0.05) is 30.3 Å². The van der Waals surface area contributed by atoms with Crippen LogP contribution >= 0.6 is 24.8 Å². The molecule has 2 aliphatic heterocycles. The fraction of sp³-hybridized carbons (Fsp3) is 0.696. The predicted molar refractivity (Wildman–Crippen MR) is 126 cm³/mol. The summed E-state index contributed by atoms with van der Waals surface area (Å²) in [6.07, 6.45) is 7.16. The highest BCUT2D eigenvalue weighted by Crippen LogP contribution is 2.25. The molecular formula is C23H39Cl2N3O. The van der Waals surface area contributed by atoms with Gasteiger partial charge in [-0.3, -0.25) is 9.69 Å². The highest BCUT2D eigenvalue weighted by molar-refractivity contribution is 5.85. The van der Waals surface area contributed by atoms with Gasteiger partial charge >= 0.3 is 0 Å². The Kier molecular flexibility index (Phi) is 12.2. The van der Waals surface area contributed by atoms with Crippen molar-refractivity contribution < 1.29 is 4.79 Å². The van der Waals surface area contributed by atoms with Gasteiger partial charge < -0.3 is 10.2 Å². The fourth-order valence-electron chi connectivity index (χ4n) is 4.70. The van der Waals surface area contributed by atoms with Gasteiger partial charge in [0.15, 0.2) is 0 Å². The van der Waals surface area contributed by atoms with Gasteiger partial charge in [-0.05, 0) is 89.5 Å². The fourth-order valence-corrected chi connectivity index (χ4v) is 4.70. The molecule has 0 radical (unpaired) electrons. The van der Waals surface area contributed by atoms with Crippen molar-refractivity contribution in [3.8, 4) is 0 Å². The number of hydrogen-bond donors (Lipinski definition) is 1. The van der Waals surface area contributed by atoms with Crippen LogP contribution in [0.2, 0.25) is 0 Å². The average molecular weight is 444 g/mol. The highest BCUT2D eigenvalue weighted by atomic mass is 35.5. The first-order chi connectivity index (χ1) is 13.2. The van der Waals surface area contributed by atoms with Gasteiger partial charge in [0.2, 0.25) is 5.91 Å². The summed E-state index contributed by atoms with van der Waals surface area (Å²) in [5.41, 5.74) is 1.45. The Bertz CT molecular complexity index is 571. The average Bonchev–Trinajstić information content (AvgIpc) is 2.73. The van der Waals surface area contributed by atoms with E-state index in [1.165, 1.54) is 44.1 Å². The predicted octanol–water partition coefficient (Wildman–Crippen LogP) is 4.02. The highest BCUT2D eigenvalue weighted by Gasteiger charge is 2.31. The van der Waals surface area contributed by atoms with E-state index in [2.05, 4.69) is 52.4 Å². The number of nitrogens with zero attached hydrogens (tertiary/aromatic N) is 2. The molecule has 29 heavy (non-hydrogen) atoms. The van der Waals surface area contributed by atoms with Gasteiger partial charge in [0.1, 0.15) is 0 Å². The van der Waals surface area contributed by atoms with Crippen molar-refractivity contribution in [1.29, 1.82) is 0 Å². The number of hydrogen-bond acceptors (Lipinski definition) is 3. The molecule has 1 N–H and O–H groups in total. The van der Waals surface area contributed by atoms with Gasteiger partial charge in [-0.15, -0.1) is 24.8 Å². The number of nitrogens with one attached hydrogen (secondary N) is 1. The van der Waals surface area contributed by atoms with Crippen LogP contribution in [0.4, 0.5) is 0 Å². The van der Waals surface area contributed by atoms with Crippen molar-refractivity contribution >= 4 is 30.7 Å². The van der Waals surface area contributed by atoms with E-state index in [9.17, 15) is 4.79 Å². The third kappa shape index (κ3) is 7.75. The SMILES string of the molecule is CNCCC1CCN(C(=O)C(C)N2CCC(Cc3ccccc3)CC2)CC1.Cl.Cl. The van der Waals surface area contributed by atoms with Gasteiger partial charge in [-0.2, -0.15) is 0 Å². The van der Waals surface area contributed by atoms with Crippen molar-refractivity contribution in [2.45, 2.75) is 51.5 Å². The molecule has 3 rings (SSSR count). The maximum atomic E-state index is 13.0. The van der Waals surface area contributed by atoms with E-state index >= 15 is 0 Å². The molecular weight excluding hydrogens is 405 g/mol. The molecule has 1 atom stereocenters. The molecule has 166 valence electrons. The van der Waals surface area contributed by atoms with Crippen molar-refractivity contribution in [3.63, 3.8) is 0 Å². The summed E-state index contributed by atoms with van der Waals surface area (Å²) in [6.45, 7) is 7.22. The first kappa shape index (κ1) is 26.2.